The monoisotopic (exact) mass is 282 g/mol. The molecule has 106 valence electrons. The van der Waals surface area contributed by atoms with Crippen molar-refractivity contribution < 1.29 is 5.11 Å². The highest BCUT2D eigenvalue weighted by Crippen LogP contribution is 2.24. The van der Waals surface area contributed by atoms with E-state index in [1.165, 1.54) is 12.0 Å². The predicted octanol–water partition coefficient (Wildman–Crippen LogP) is 2.96. The average molecular weight is 283 g/mol. The molecule has 0 saturated carbocycles. The van der Waals surface area contributed by atoms with Crippen LogP contribution in [0.1, 0.15) is 25.8 Å². The van der Waals surface area contributed by atoms with E-state index in [0.717, 1.165) is 32.7 Å². The lowest BCUT2D eigenvalue weighted by Crippen LogP contribution is -2.48. The number of hydrogen-bond donors (Lipinski definition) is 1. The molecule has 0 amide bonds. The number of piperazine rings is 1. The summed E-state index contributed by atoms with van der Waals surface area (Å²) < 4.78 is 0. The maximum absolute atomic E-state index is 9.42. The molecule has 1 aliphatic rings. The molecule has 0 radical (unpaired) electrons. The number of benzene rings is 1. The third kappa shape index (κ3) is 3.85. The van der Waals surface area contributed by atoms with Crippen molar-refractivity contribution in [2.45, 2.75) is 32.9 Å². The lowest BCUT2D eigenvalue weighted by atomic mass is 10.1. The quantitative estimate of drug-likeness (QED) is 0.920. The number of aromatic hydroxyl groups is 1. The van der Waals surface area contributed by atoms with Crippen LogP contribution in [0.3, 0.4) is 0 Å². The van der Waals surface area contributed by atoms with Crippen molar-refractivity contribution >= 4 is 11.6 Å². The Morgan fingerprint density at radius 3 is 2.53 bits per heavy atom. The van der Waals surface area contributed by atoms with Crippen LogP contribution in [0.2, 0.25) is 5.02 Å². The Morgan fingerprint density at radius 2 is 1.95 bits per heavy atom. The van der Waals surface area contributed by atoms with E-state index in [4.69, 9.17) is 11.6 Å². The highest BCUT2D eigenvalue weighted by Gasteiger charge is 2.20. The van der Waals surface area contributed by atoms with Crippen LogP contribution in [0, 0.1) is 0 Å². The van der Waals surface area contributed by atoms with Crippen LogP contribution < -0.4 is 0 Å². The van der Waals surface area contributed by atoms with Gasteiger partial charge in [0.1, 0.15) is 5.75 Å². The number of hydrogen-bond acceptors (Lipinski definition) is 3. The van der Waals surface area contributed by atoms with Crippen LogP contribution in [0.15, 0.2) is 18.2 Å². The van der Waals surface area contributed by atoms with E-state index in [9.17, 15) is 5.11 Å². The zero-order chi connectivity index (χ0) is 13.8. The summed E-state index contributed by atoms with van der Waals surface area (Å²) in [4.78, 5) is 5.00. The van der Waals surface area contributed by atoms with E-state index in [2.05, 4.69) is 23.6 Å². The Kier molecular flexibility index (Phi) is 5.08. The van der Waals surface area contributed by atoms with Gasteiger partial charge < -0.3 is 5.11 Å². The Balaban J connectivity index is 1.87. The summed E-state index contributed by atoms with van der Waals surface area (Å²) in [5, 5.41) is 9.86. The van der Waals surface area contributed by atoms with Crippen molar-refractivity contribution in [3.63, 3.8) is 0 Å². The second-order valence-corrected chi connectivity index (χ2v) is 5.76. The molecule has 1 aromatic rings. The minimum absolute atomic E-state index is 0.159. The second kappa shape index (κ2) is 6.60. The van der Waals surface area contributed by atoms with E-state index in [-0.39, 0.29) is 5.75 Å². The minimum atomic E-state index is 0.159. The van der Waals surface area contributed by atoms with Gasteiger partial charge in [-0.05, 0) is 31.0 Å². The van der Waals surface area contributed by atoms with E-state index in [1.54, 1.807) is 6.07 Å². The Bertz CT molecular complexity index is 417. The molecule has 1 unspecified atom stereocenters. The molecule has 1 aliphatic heterocycles. The number of halogens is 1. The smallest absolute Gasteiger partial charge is 0.134 e. The van der Waals surface area contributed by atoms with Gasteiger partial charge >= 0.3 is 0 Å². The molecule has 0 spiro atoms. The van der Waals surface area contributed by atoms with Gasteiger partial charge in [0.2, 0.25) is 0 Å². The third-order valence-electron chi connectivity index (χ3n) is 4.04. The van der Waals surface area contributed by atoms with Gasteiger partial charge in [0.15, 0.2) is 0 Å². The summed E-state index contributed by atoms with van der Waals surface area (Å²) in [7, 11) is 0. The van der Waals surface area contributed by atoms with Crippen molar-refractivity contribution in [3.05, 3.63) is 28.8 Å². The highest BCUT2D eigenvalue weighted by atomic mass is 35.5. The fraction of sp³-hybridized carbons (Fsp3) is 0.600. The minimum Gasteiger partial charge on any atom is -0.506 e. The van der Waals surface area contributed by atoms with Gasteiger partial charge in [0.05, 0.1) is 5.02 Å². The first-order valence-corrected chi connectivity index (χ1v) is 7.41. The Labute approximate surface area is 120 Å². The van der Waals surface area contributed by atoms with Gasteiger partial charge in [-0.1, -0.05) is 24.6 Å². The van der Waals surface area contributed by atoms with Crippen molar-refractivity contribution in [2.75, 3.05) is 26.2 Å². The van der Waals surface area contributed by atoms with Crippen LogP contribution in [0.25, 0.3) is 0 Å². The van der Waals surface area contributed by atoms with Crippen molar-refractivity contribution in [2.24, 2.45) is 0 Å². The maximum Gasteiger partial charge on any atom is 0.134 e. The fourth-order valence-corrected chi connectivity index (χ4v) is 2.73. The lowest BCUT2D eigenvalue weighted by molar-refractivity contribution is 0.0963. The summed E-state index contributed by atoms with van der Waals surface area (Å²) in [6, 6.07) is 6.16. The second-order valence-electron chi connectivity index (χ2n) is 5.36. The summed E-state index contributed by atoms with van der Waals surface area (Å²) in [6.45, 7) is 9.94. The number of phenols is 1. The van der Waals surface area contributed by atoms with Gasteiger partial charge in [-0.2, -0.15) is 0 Å². The molecule has 19 heavy (non-hydrogen) atoms. The zero-order valence-electron chi connectivity index (χ0n) is 11.8. The predicted molar refractivity (Wildman–Crippen MR) is 79.7 cm³/mol. The first-order chi connectivity index (χ1) is 9.10. The molecular formula is C15H23ClN2O. The van der Waals surface area contributed by atoms with Gasteiger partial charge in [0, 0.05) is 38.8 Å². The van der Waals surface area contributed by atoms with E-state index in [0.29, 0.717) is 11.1 Å². The largest absolute Gasteiger partial charge is 0.506 e. The van der Waals surface area contributed by atoms with Crippen LogP contribution >= 0.6 is 11.6 Å². The SMILES string of the molecule is CCC(C)N1CCN(Cc2ccc(O)c(Cl)c2)CC1. The number of rotatable bonds is 4. The highest BCUT2D eigenvalue weighted by molar-refractivity contribution is 6.32. The Morgan fingerprint density at radius 1 is 1.26 bits per heavy atom. The molecule has 1 fully saturated rings. The molecule has 1 atom stereocenters. The topological polar surface area (TPSA) is 26.7 Å². The summed E-state index contributed by atoms with van der Waals surface area (Å²) in [6.07, 6.45) is 1.22. The molecule has 0 bridgehead atoms. The molecular weight excluding hydrogens is 260 g/mol. The van der Waals surface area contributed by atoms with Crippen molar-refractivity contribution in [3.8, 4) is 5.75 Å². The van der Waals surface area contributed by atoms with Crippen molar-refractivity contribution in [1.29, 1.82) is 0 Å². The molecule has 4 heteroatoms. The average Bonchev–Trinajstić information content (AvgIpc) is 2.43. The molecule has 0 aromatic heterocycles. The van der Waals surface area contributed by atoms with Crippen LogP contribution in [-0.2, 0) is 6.54 Å². The molecule has 3 nitrogen and oxygen atoms in total. The number of nitrogens with zero attached hydrogens (tertiary/aromatic N) is 2. The summed E-state index contributed by atoms with van der Waals surface area (Å²) in [5.74, 6) is 0.159. The first kappa shape index (κ1) is 14.6. The van der Waals surface area contributed by atoms with Crippen LogP contribution in [0.4, 0.5) is 0 Å². The lowest BCUT2D eigenvalue weighted by Gasteiger charge is -2.37. The standard InChI is InChI=1S/C15H23ClN2O/c1-3-12(2)18-8-6-17(7-9-18)11-13-4-5-15(19)14(16)10-13/h4-5,10,12,19H,3,6-9,11H2,1-2H3. The molecule has 1 N–H and O–H groups in total. The normalized spacial score (nSPS) is 19.5. The van der Waals surface area contributed by atoms with E-state index in [1.807, 2.05) is 12.1 Å². The molecule has 1 heterocycles. The summed E-state index contributed by atoms with van der Waals surface area (Å²) >= 11 is 5.94. The third-order valence-corrected chi connectivity index (χ3v) is 4.34. The molecule has 2 rings (SSSR count). The first-order valence-electron chi connectivity index (χ1n) is 7.04. The van der Waals surface area contributed by atoms with Gasteiger partial charge in [-0.3, -0.25) is 9.80 Å². The molecule has 1 aromatic carbocycles. The van der Waals surface area contributed by atoms with Crippen LogP contribution in [0.5, 0.6) is 5.75 Å². The van der Waals surface area contributed by atoms with E-state index < -0.39 is 0 Å². The number of phenolic OH excluding ortho intramolecular Hbond substituents is 1. The Hall–Kier alpha value is -0.770. The maximum atomic E-state index is 9.42. The van der Waals surface area contributed by atoms with Gasteiger partial charge in [-0.15, -0.1) is 0 Å². The summed E-state index contributed by atoms with van der Waals surface area (Å²) in [5.41, 5.74) is 1.17. The van der Waals surface area contributed by atoms with Gasteiger partial charge in [0.25, 0.3) is 0 Å². The fourth-order valence-electron chi connectivity index (χ4n) is 2.53. The van der Waals surface area contributed by atoms with E-state index >= 15 is 0 Å². The molecule has 0 aliphatic carbocycles. The zero-order valence-corrected chi connectivity index (χ0v) is 12.5. The van der Waals surface area contributed by atoms with Crippen LogP contribution in [-0.4, -0.2) is 47.1 Å². The molecule has 1 saturated heterocycles. The van der Waals surface area contributed by atoms with Crippen molar-refractivity contribution in [1.82, 2.24) is 9.80 Å². The van der Waals surface area contributed by atoms with Gasteiger partial charge in [-0.25, -0.2) is 0 Å².